The van der Waals surface area contributed by atoms with Crippen LogP contribution in [0, 0.1) is 5.92 Å². The van der Waals surface area contributed by atoms with Gasteiger partial charge in [-0.15, -0.1) is 0 Å². The van der Waals surface area contributed by atoms with E-state index < -0.39 is 121 Å². The van der Waals surface area contributed by atoms with Crippen molar-refractivity contribution >= 4 is 59.2 Å². The zero-order valence-electron chi connectivity index (χ0n) is 35.5. The molecule has 0 bridgehead atoms. The quantitative estimate of drug-likeness (QED) is 0.0372. The van der Waals surface area contributed by atoms with Crippen LogP contribution in [0.2, 0.25) is 0 Å². The molecule has 7 atom stereocenters. The number of nitrogens with zero attached hydrogens (tertiary/aromatic N) is 1. The van der Waals surface area contributed by atoms with Crippen molar-refractivity contribution in [3.63, 3.8) is 0 Å². The van der Waals surface area contributed by atoms with Crippen molar-refractivity contribution in [3.8, 4) is 5.75 Å². The molecule has 1 aliphatic heterocycles. The van der Waals surface area contributed by atoms with Gasteiger partial charge >= 0.3 is 11.9 Å². The molecule has 2 rings (SSSR count). The number of carboxylic acid groups (broad SMARTS) is 2. The van der Waals surface area contributed by atoms with E-state index in [1.165, 1.54) is 24.3 Å². The number of nitrogens with one attached hydrogen (secondary N) is 5. The van der Waals surface area contributed by atoms with Gasteiger partial charge in [0.25, 0.3) is 0 Å². The Hall–Kier alpha value is -6.36. The van der Waals surface area contributed by atoms with Gasteiger partial charge in [0, 0.05) is 25.8 Å². The lowest BCUT2D eigenvalue weighted by atomic mass is 10.00. The number of benzene rings is 1. The van der Waals surface area contributed by atoms with Crippen molar-refractivity contribution in [2.75, 3.05) is 13.1 Å². The van der Waals surface area contributed by atoms with Gasteiger partial charge in [-0.3, -0.25) is 43.2 Å². The van der Waals surface area contributed by atoms with Crippen LogP contribution in [-0.2, 0) is 54.4 Å². The van der Waals surface area contributed by atoms with Gasteiger partial charge in [-0.1, -0.05) is 26.0 Å². The number of phenolic OH excluding ortho intramolecular Hbond substituents is 1. The van der Waals surface area contributed by atoms with Gasteiger partial charge < -0.3 is 69.7 Å². The van der Waals surface area contributed by atoms with Gasteiger partial charge in [-0.05, 0) is 81.5 Å². The highest BCUT2D eigenvalue weighted by molar-refractivity contribution is 5.98. The molecule has 63 heavy (non-hydrogen) atoms. The number of hydrogen-bond donors (Lipinski definition) is 12. The van der Waals surface area contributed by atoms with Crippen LogP contribution in [0.4, 0.5) is 0 Å². The monoisotopic (exact) mass is 890 g/mol. The second-order valence-corrected chi connectivity index (χ2v) is 15.8. The molecule has 0 radical (unpaired) electrons. The van der Waals surface area contributed by atoms with E-state index in [0.717, 1.165) is 4.90 Å². The SMILES string of the molecule is CC(C)C[C@H](NC(=O)[C@@H](N)CCC(N)=O)C(=O)N[C@@H](Cc1ccc(O)cc1)C(=O)N[C@@H](CCC(=O)O)C(=O)N[C@@H](CC(N)=O)C(=O)N[C@@H](CCCCN)C(=O)N1CCC[C@H]1C(=O)O. The highest BCUT2D eigenvalue weighted by Gasteiger charge is 2.39. The first-order chi connectivity index (χ1) is 29.6. The molecular weight excluding hydrogens is 828 g/mol. The molecule has 1 aromatic rings. The second-order valence-electron chi connectivity index (χ2n) is 15.8. The van der Waals surface area contributed by atoms with Crippen LogP contribution in [0.25, 0.3) is 0 Å². The summed E-state index contributed by atoms with van der Waals surface area (Å²) in [5.74, 6) is -10.2. The predicted octanol–water partition coefficient (Wildman–Crippen LogP) is -3.06. The maximum absolute atomic E-state index is 14.1. The Bertz CT molecular complexity index is 1790. The molecule has 0 aromatic heterocycles. The fourth-order valence-corrected chi connectivity index (χ4v) is 6.76. The Morgan fingerprint density at radius 3 is 1.83 bits per heavy atom. The van der Waals surface area contributed by atoms with Crippen molar-refractivity contribution < 1.29 is 63.3 Å². The number of hydrogen-bond acceptors (Lipinski definition) is 13. The number of phenols is 1. The molecule has 1 aromatic carbocycles. The van der Waals surface area contributed by atoms with Crippen LogP contribution in [0.5, 0.6) is 5.75 Å². The first kappa shape index (κ1) is 52.8. The van der Waals surface area contributed by atoms with Gasteiger partial charge in [0.15, 0.2) is 0 Å². The summed E-state index contributed by atoms with van der Waals surface area (Å²) in [6.07, 6.45) is -1.13. The average molecular weight is 891 g/mol. The largest absolute Gasteiger partial charge is 0.508 e. The molecule has 23 nitrogen and oxygen atoms in total. The molecule has 0 spiro atoms. The third-order valence-electron chi connectivity index (χ3n) is 10.1. The number of carbonyl (C=O) groups excluding carboxylic acids is 8. The molecule has 1 aliphatic rings. The number of likely N-dealkylation sites (tertiary alicyclic amines) is 1. The van der Waals surface area contributed by atoms with Crippen LogP contribution < -0.4 is 49.5 Å². The molecule has 1 saturated heterocycles. The molecule has 1 fully saturated rings. The topological polar surface area (TPSA) is 399 Å². The van der Waals surface area contributed by atoms with Crippen molar-refractivity contribution in [1.82, 2.24) is 31.5 Å². The number of rotatable bonds is 28. The number of unbranched alkanes of at least 4 members (excludes halogenated alkanes) is 1. The summed E-state index contributed by atoms with van der Waals surface area (Å²) in [5, 5.41) is 41.3. The van der Waals surface area contributed by atoms with Crippen LogP contribution in [0.1, 0.15) is 90.0 Å². The number of carbonyl (C=O) groups is 10. The van der Waals surface area contributed by atoms with Gasteiger partial charge in [0.1, 0.15) is 42.0 Å². The molecule has 16 N–H and O–H groups in total. The minimum atomic E-state index is -1.76. The standard InChI is InChI=1S/C40H62N10O13/c1-21(2)18-27(47-34(56)24(42)12-14-31(43)52)36(58)48-28(19-22-8-10-23(51)11-9-22)37(59)45-25(13-15-33(54)55)35(57)49-29(20-32(44)53)38(60)46-26(6-3-4-16-41)39(61)50-17-5-7-30(50)40(62)63/h8-11,21,24-30,51H,3-7,12-20,41-42H2,1-2H3,(H2,43,52)(H2,44,53)(H,45,59)(H,46,60)(H,47,56)(H,48,58)(H,49,57)(H,54,55)(H,62,63)/t24-,25-,26-,27-,28-,29-,30-/m0/s1. The smallest absolute Gasteiger partial charge is 0.326 e. The van der Waals surface area contributed by atoms with Crippen LogP contribution >= 0.6 is 0 Å². The maximum atomic E-state index is 14.1. The molecule has 0 aliphatic carbocycles. The number of aromatic hydroxyl groups is 1. The van der Waals surface area contributed by atoms with Gasteiger partial charge in [-0.2, -0.15) is 0 Å². The minimum absolute atomic E-state index is 0.0249. The summed E-state index contributed by atoms with van der Waals surface area (Å²) >= 11 is 0. The predicted molar refractivity (Wildman–Crippen MR) is 223 cm³/mol. The first-order valence-corrected chi connectivity index (χ1v) is 20.7. The van der Waals surface area contributed by atoms with E-state index in [0.29, 0.717) is 24.8 Å². The van der Waals surface area contributed by atoms with Crippen molar-refractivity contribution in [1.29, 1.82) is 0 Å². The van der Waals surface area contributed by atoms with Crippen LogP contribution in [0.15, 0.2) is 24.3 Å². The van der Waals surface area contributed by atoms with Crippen molar-refractivity contribution in [3.05, 3.63) is 29.8 Å². The van der Waals surface area contributed by atoms with Gasteiger partial charge in [0.2, 0.25) is 47.3 Å². The van der Waals surface area contributed by atoms with E-state index in [9.17, 15) is 63.3 Å². The highest BCUT2D eigenvalue weighted by atomic mass is 16.4. The lowest BCUT2D eigenvalue weighted by Crippen LogP contribution is -2.60. The molecule has 8 amide bonds. The number of aliphatic carboxylic acids is 2. The summed E-state index contributed by atoms with van der Waals surface area (Å²) in [6, 6.07) is -4.33. The molecule has 1 heterocycles. The van der Waals surface area contributed by atoms with Crippen LogP contribution in [0.3, 0.4) is 0 Å². The lowest BCUT2D eigenvalue weighted by molar-refractivity contribution is -0.149. The van der Waals surface area contributed by atoms with Gasteiger partial charge in [-0.25, -0.2) is 4.79 Å². The highest BCUT2D eigenvalue weighted by Crippen LogP contribution is 2.20. The van der Waals surface area contributed by atoms with E-state index >= 15 is 0 Å². The van der Waals surface area contributed by atoms with Crippen molar-refractivity contribution in [2.24, 2.45) is 28.9 Å². The van der Waals surface area contributed by atoms with E-state index in [1.807, 2.05) is 0 Å². The first-order valence-electron chi connectivity index (χ1n) is 20.7. The minimum Gasteiger partial charge on any atom is -0.508 e. The molecule has 350 valence electrons. The third kappa shape index (κ3) is 18.7. The van der Waals surface area contributed by atoms with Crippen molar-refractivity contribution in [2.45, 2.75) is 133 Å². The number of primary amides is 2. The van der Waals surface area contributed by atoms with E-state index in [4.69, 9.17) is 22.9 Å². The molecular formula is C40H62N10O13. The summed E-state index contributed by atoms with van der Waals surface area (Å²) in [4.78, 5) is 130. The average Bonchev–Trinajstić information content (AvgIpc) is 3.71. The fraction of sp³-hybridized carbons (Fsp3) is 0.600. The molecule has 0 saturated carbocycles. The molecule has 23 heteroatoms. The lowest BCUT2D eigenvalue weighted by Gasteiger charge is -2.29. The van der Waals surface area contributed by atoms with E-state index in [2.05, 4.69) is 26.6 Å². The third-order valence-corrected chi connectivity index (χ3v) is 10.1. The zero-order chi connectivity index (χ0) is 47.4. The number of nitrogens with two attached hydrogens (primary N) is 4. The second kappa shape index (κ2) is 26.2. The normalized spacial score (nSPS) is 16.3. The summed E-state index contributed by atoms with van der Waals surface area (Å²) < 4.78 is 0. The van der Waals surface area contributed by atoms with E-state index in [1.54, 1.807) is 13.8 Å². The van der Waals surface area contributed by atoms with E-state index in [-0.39, 0.29) is 63.3 Å². The Balaban J connectivity index is 2.44. The maximum Gasteiger partial charge on any atom is 0.326 e. The zero-order valence-corrected chi connectivity index (χ0v) is 35.5. The number of carboxylic acids is 2. The van der Waals surface area contributed by atoms with Crippen LogP contribution in [-0.4, -0.2) is 135 Å². The summed E-state index contributed by atoms with van der Waals surface area (Å²) in [5.41, 5.74) is 22.5. The summed E-state index contributed by atoms with van der Waals surface area (Å²) in [7, 11) is 0. The fourth-order valence-electron chi connectivity index (χ4n) is 6.76. The Morgan fingerprint density at radius 2 is 1.25 bits per heavy atom. The Kier molecular flexibility index (Phi) is 21.9. The summed E-state index contributed by atoms with van der Waals surface area (Å²) in [6.45, 7) is 3.89. The van der Waals surface area contributed by atoms with Gasteiger partial charge in [0.05, 0.1) is 12.5 Å². The number of amides is 8. The molecule has 0 unspecified atom stereocenters. The Morgan fingerprint density at radius 1 is 0.698 bits per heavy atom. The Labute approximate surface area is 364 Å².